The van der Waals surface area contributed by atoms with Crippen molar-refractivity contribution in [3.63, 3.8) is 0 Å². The van der Waals surface area contributed by atoms with Crippen LogP contribution in [0.2, 0.25) is 0 Å². The van der Waals surface area contributed by atoms with Crippen molar-refractivity contribution in [2.24, 2.45) is 11.5 Å². The first-order valence-corrected chi connectivity index (χ1v) is 16.6. The van der Waals surface area contributed by atoms with E-state index in [1.54, 1.807) is 6.26 Å². The molecule has 0 saturated carbocycles. The van der Waals surface area contributed by atoms with E-state index in [9.17, 15) is 39.0 Å². The first kappa shape index (κ1) is 40.7. The van der Waals surface area contributed by atoms with Crippen LogP contribution in [0.4, 0.5) is 0 Å². The van der Waals surface area contributed by atoms with Crippen molar-refractivity contribution in [3.05, 3.63) is 0 Å². The minimum absolute atomic E-state index is 0.0860. The number of hydrogen-bond donors (Lipinski definition) is 12. The average Bonchev–Trinajstić information content (AvgIpc) is 3.50. The third-order valence-corrected chi connectivity index (χ3v) is 7.80. The Kier molecular flexibility index (Phi) is 18.6. The van der Waals surface area contributed by atoms with Gasteiger partial charge < -0.3 is 58.5 Å². The molecule has 1 aliphatic rings. The Morgan fingerprint density at radius 3 is 1.91 bits per heavy atom. The summed E-state index contributed by atoms with van der Waals surface area (Å²) in [5.41, 5.74) is 10.6. The number of aliphatic carboxylic acids is 1. The standard InChI is InChI=1S/C27H49N11O8S/c1-15(40)34-16(6-3-10-32-26(28)29)21(41)35-17(7-4-11-33-27(30)31)24(44)38-12-5-8-20(38)23(43)37-19(14-39)22(42)36-18(25(45)46)9-13-47-2/h16-20,39H,3-14H2,1-2H3,(H,34,40)(H,35,41)(H,36,42)(H,37,43)(H,45,46)(H4,28,29,32)(H4,30,31,33)/t16-,17-,18-,19-,20-/m0/s1. The van der Waals surface area contributed by atoms with Gasteiger partial charge in [0.1, 0.15) is 30.2 Å². The number of aliphatic hydroxyl groups excluding tert-OH is 1. The van der Waals surface area contributed by atoms with E-state index in [0.717, 1.165) is 0 Å². The number of guanidine groups is 2. The van der Waals surface area contributed by atoms with Crippen molar-refractivity contribution in [2.45, 2.75) is 82.1 Å². The van der Waals surface area contributed by atoms with Gasteiger partial charge in [-0.25, -0.2) is 4.79 Å². The van der Waals surface area contributed by atoms with Gasteiger partial charge in [-0.2, -0.15) is 11.8 Å². The van der Waals surface area contributed by atoms with E-state index >= 15 is 0 Å². The van der Waals surface area contributed by atoms with E-state index in [1.807, 2.05) is 0 Å². The highest BCUT2D eigenvalue weighted by atomic mass is 32.2. The lowest BCUT2D eigenvalue weighted by molar-refractivity contribution is -0.144. The number of hydrogen-bond acceptors (Lipinski definition) is 10. The van der Waals surface area contributed by atoms with E-state index in [-0.39, 0.29) is 57.2 Å². The predicted molar refractivity (Wildman–Crippen MR) is 174 cm³/mol. The molecule has 0 spiro atoms. The summed E-state index contributed by atoms with van der Waals surface area (Å²) in [6, 6.07) is -5.89. The minimum atomic E-state index is -1.47. The van der Waals surface area contributed by atoms with Crippen LogP contribution in [0.1, 0.15) is 51.9 Å². The van der Waals surface area contributed by atoms with Crippen LogP contribution in [-0.4, -0.2) is 131 Å². The van der Waals surface area contributed by atoms with Crippen molar-refractivity contribution in [1.82, 2.24) is 36.8 Å². The highest BCUT2D eigenvalue weighted by Gasteiger charge is 2.39. The summed E-state index contributed by atoms with van der Waals surface area (Å²) in [7, 11) is 0. The third kappa shape index (κ3) is 15.2. The molecule has 0 bridgehead atoms. The normalized spacial score (nSPS) is 16.5. The Morgan fingerprint density at radius 2 is 1.40 bits per heavy atom. The number of carboxylic acids is 1. The lowest BCUT2D eigenvalue weighted by Gasteiger charge is -2.30. The molecule has 1 fully saturated rings. The molecule has 0 aromatic heterocycles. The molecule has 5 atom stereocenters. The molecule has 20 heteroatoms. The Labute approximate surface area is 277 Å². The Balaban J connectivity index is 3.09. The van der Waals surface area contributed by atoms with Gasteiger partial charge in [-0.3, -0.25) is 34.8 Å². The van der Waals surface area contributed by atoms with Gasteiger partial charge in [-0.1, -0.05) is 0 Å². The maximum absolute atomic E-state index is 13.8. The zero-order valence-corrected chi connectivity index (χ0v) is 27.5. The van der Waals surface area contributed by atoms with Gasteiger partial charge in [0.15, 0.2) is 11.9 Å². The number of nitrogens with zero attached hydrogens (tertiary/aromatic N) is 1. The summed E-state index contributed by atoms with van der Waals surface area (Å²) in [5, 5.41) is 49.0. The fourth-order valence-corrected chi connectivity index (χ4v) is 5.30. The van der Waals surface area contributed by atoms with Gasteiger partial charge in [0.2, 0.25) is 29.5 Å². The van der Waals surface area contributed by atoms with E-state index in [0.29, 0.717) is 25.0 Å². The number of amides is 5. The van der Waals surface area contributed by atoms with Gasteiger partial charge >= 0.3 is 5.97 Å². The molecule has 1 rings (SSSR count). The van der Waals surface area contributed by atoms with Gasteiger partial charge in [-0.15, -0.1) is 0 Å². The largest absolute Gasteiger partial charge is 0.480 e. The summed E-state index contributed by atoms with van der Waals surface area (Å²) < 4.78 is 0. The fraction of sp³-hybridized carbons (Fsp3) is 0.704. The number of rotatable bonds is 21. The summed E-state index contributed by atoms with van der Waals surface area (Å²) in [6.07, 6.45) is 3.48. The molecule has 19 nitrogen and oxygen atoms in total. The van der Waals surface area contributed by atoms with E-state index in [4.69, 9.17) is 22.3 Å². The zero-order valence-electron chi connectivity index (χ0n) is 26.7. The summed E-state index contributed by atoms with van der Waals surface area (Å²) in [6.45, 7) is 1.06. The molecule has 0 aliphatic carbocycles. The second-order valence-corrected chi connectivity index (χ2v) is 11.9. The van der Waals surface area contributed by atoms with Crippen molar-refractivity contribution < 1.29 is 39.0 Å². The highest BCUT2D eigenvalue weighted by molar-refractivity contribution is 7.98. The third-order valence-electron chi connectivity index (χ3n) is 7.16. The molecule has 1 saturated heterocycles. The number of nitrogens with two attached hydrogens (primary N) is 2. The number of carbonyl (C=O) groups is 6. The van der Waals surface area contributed by atoms with Crippen LogP contribution in [0.3, 0.4) is 0 Å². The Morgan fingerprint density at radius 1 is 0.851 bits per heavy atom. The fourth-order valence-electron chi connectivity index (χ4n) is 4.83. The molecule has 0 aromatic carbocycles. The van der Waals surface area contributed by atoms with Crippen LogP contribution in [0.5, 0.6) is 0 Å². The number of aliphatic hydroxyl groups is 1. The van der Waals surface area contributed by atoms with Crippen LogP contribution in [0.15, 0.2) is 0 Å². The second kappa shape index (κ2) is 21.5. The number of thioether (sulfide) groups is 1. The Bertz CT molecular complexity index is 1130. The number of likely N-dealkylation sites (tertiary alicyclic amines) is 1. The SMILES string of the molecule is CSCC[C@H](NC(=O)[C@H](CO)NC(=O)[C@@H]1CCCN1C(=O)[C@H](CCCNC(=N)N)NC(=O)[C@H](CCCNC(=N)N)NC(C)=O)C(=O)O. The first-order valence-electron chi connectivity index (χ1n) is 15.2. The highest BCUT2D eigenvalue weighted by Crippen LogP contribution is 2.20. The maximum Gasteiger partial charge on any atom is 0.326 e. The van der Waals surface area contributed by atoms with Crippen molar-refractivity contribution in [2.75, 3.05) is 38.2 Å². The van der Waals surface area contributed by atoms with Crippen molar-refractivity contribution in [3.8, 4) is 0 Å². The van der Waals surface area contributed by atoms with E-state index < -0.39 is 72.3 Å². The topological polar surface area (TPSA) is 318 Å². The lowest BCUT2D eigenvalue weighted by atomic mass is 10.1. The number of carboxylic acid groups (broad SMARTS) is 1. The monoisotopic (exact) mass is 687 g/mol. The number of nitrogens with one attached hydrogen (secondary N) is 8. The second-order valence-electron chi connectivity index (χ2n) is 10.9. The zero-order chi connectivity index (χ0) is 35.5. The molecule has 5 amide bonds. The van der Waals surface area contributed by atoms with Crippen LogP contribution < -0.4 is 43.4 Å². The quantitative estimate of drug-likeness (QED) is 0.0314. The summed E-state index contributed by atoms with van der Waals surface area (Å²) >= 11 is 1.39. The summed E-state index contributed by atoms with van der Waals surface area (Å²) in [4.78, 5) is 77.8. The molecule has 0 radical (unpaired) electrons. The molecule has 0 aromatic rings. The van der Waals surface area contributed by atoms with E-state index in [2.05, 4.69) is 31.9 Å². The van der Waals surface area contributed by atoms with E-state index in [1.165, 1.54) is 23.6 Å². The van der Waals surface area contributed by atoms with Crippen LogP contribution in [0.25, 0.3) is 0 Å². The van der Waals surface area contributed by atoms with Gasteiger partial charge in [-0.05, 0) is 57.0 Å². The lowest BCUT2D eigenvalue weighted by Crippen LogP contribution is -2.59. The molecule has 14 N–H and O–H groups in total. The molecule has 0 unspecified atom stereocenters. The molecule has 1 heterocycles. The van der Waals surface area contributed by atoms with Gasteiger partial charge in [0.05, 0.1) is 6.61 Å². The molecular weight excluding hydrogens is 638 g/mol. The first-order chi connectivity index (χ1) is 22.2. The van der Waals surface area contributed by atoms with Crippen LogP contribution in [0, 0.1) is 10.8 Å². The van der Waals surface area contributed by atoms with Crippen molar-refractivity contribution >= 4 is 59.2 Å². The van der Waals surface area contributed by atoms with Crippen LogP contribution in [-0.2, 0) is 28.8 Å². The van der Waals surface area contributed by atoms with Gasteiger partial charge in [0.25, 0.3) is 0 Å². The molecular formula is C27H49N11O8S. The number of carbonyl (C=O) groups excluding carboxylic acids is 5. The maximum atomic E-state index is 13.8. The summed E-state index contributed by atoms with van der Waals surface area (Å²) in [5.74, 6) is -4.68. The van der Waals surface area contributed by atoms with Gasteiger partial charge in [0, 0.05) is 26.6 Å². The van der Waals surface area contributed by atoms with Crippen molar-refractivity contribution in [1.29, 1.82) is 10.8 Å². The minimum Gasteiger partial charge on any atom is -0.480 e. The average molecular weight is 688 g/mol. The smallest absolute Gasteiger partial charge is 0.326 e. The van der Waals surface area contributed by atoms with Crippen LogP contribution >= 0.6 is 11.8 Å². The molecule has 266 valence electrons. The molecule has 47 heavy (non-hydrogen) atoms. The predicted octanol–water partition coefficient (Wildman–Crippen LogP) is -3.71. The Hall–Kier alpha value is -4.33. The molecule has 1 aliphatic heterocycles.